The molecule has 0 aliphatic heterocycles. The molecule has 1 aromatic rings. The summed E-state index contributed by atoms with van der Waals surface area (Å²) in [7, 11) is 0. The fraction of sp³-hybridized carbons (Fsp3) is 0.625. The number of aromatic carboxylic acids is 1. The Morgan fingerprint density at radius 1 is 1.45 bits per heavy atom. The van der Waals surface area contributed by atoms with Gasteiger partial charge in [-0.3, -0.25) is 0 Å². The molecular formula is C16H23NO3. The topological polar surface area (TPSA) is 59.4 Å². The van der Waals surface area contributed by atoms with Crippen LogP contribution in [0.3, 0.4) is 0 Å². The summed E-state index contributed by atoms with van der Waals surface area (Å²) < 4.78 is 6.05. The number of carbonyl (C=O) groups is 1. The van der Waals surface area contributed by atoms with Gasteiger partial charge in [0.05, 0.1) is 0 Å². The third kappa shape index (κ3) is 3.30. The fourth-order valence-corrected chi connectivity index (χ4v) is 3.06. The van der Waals surface area contributed by atoms with Crippen LogP contribution >= 0.6 is 0 Å². The average molecular weight is 277 g/mol. The van der Waals surface area contributed by atoms with Crippen LogP contribution in [0, 0.1) is 17.8 Å². The molecule has 1 fully saturated rings. The van der Waals surface area contributed by atoms with Crippen molar-refractivity contribution in [2.24, 2.45) is 17.8 Å². The van der Waals surface area contributed by atoms with Crippen LogP contribution in [-0.2, 0) is 0 Å². The van der Waals surface area contributed by atoms with Gasteiger partial charge in [-0.2, -0.15) is 0 Å². The molecule has 0 spiro atoms. The number of pyridine rings is 1. The van der Waals surface area contributed by atoms with Gasteiger partial charge in [0.2, 0.25) is 0 Å². The van der Waals surface area contributed by atoms with Crippen LogP contribution in [0.15, 0.2) is 18.3 Å². The Hall–Kier alpha value is -1.58. The first-order chi connectivity index (χ1) is 9.49. The summed E-state index contributed by atoms with van der Waals surface area (Å²) in [4.78, 5) is 15.1. The highest BCUT2D eigenvalue weighted by Crippen LogP contribution is 2.36. The van der Waals surface area contributed by atoms with Crippen molar-refractivity contribution in [1.82, 2.24) is 4.98 Å². The minimum absolute atomic E-state index is 0.00762. The first kappa shape index (κ1) is 14.8. The lowest BCUT2D eigenvalue weighted by atomic mass is 9.75. The Bertz CT molecular complexity index is 473. The van der Waals surface area contributed by atoms with Crippen LogP contribution in [0.2, 0.25) is 0 Å². The molecule has 1 N–H and O–H groups in total. The molecule has 20 heavy (non-hydrogen) atoms. The molecule has 1 heterocycles. The van der Waals surface area contributed by atoms with E-state index in [2.05, 4.69) is 25.8 Å². The highest BCUT2D eigenvalue weighted by molar-refractivity contribution is 5.88. The van der Waals surface area contributed by atoms with Crippen molar-refractivity contribution in [3.63, 3.8) is 0 Å². The van der Waals surface area contributed by atoms with Crippen molar-refractivity contribution in [3.05, 3.63) is 24.0 Å². The quantitative estimate of drug-likeness (QED) is 0.913. The van der Waals surface area contributed by atoms with E-state index in [1.165, 1.54) is 12.6 Å². The molecule has 4 heteroatoms. The Morgan fingerprint density at radius 3 is 2.85 bits per heavy atom. The number of carboxylic acids is 1. The standard InChI is InChI=1S/C16H23NO3/c1-10(2)12-7-6-11(3)9-14(12)20-13-5-4-8-17-15(13)16(18)19/h4-5,8,10-12,14H,6-7,9H2,1-3H3,(H,18,19). The van der Waals surface area contributed by atoms with E-state index in [9.17, 15) is 9.90 Å². The van der Waals surface area contributed by atoms with E-state index in [0.29, 0.717) is 23.5 Å². The molecule has 1 aliphatic rings. The molecule has 3 unspecified atom stereocenters. The second-order valence-corrected chi connectivity index (χ2v) is 6.14. The molecule has 1 saturated carbocycles. The highest BCUT2D eigenvalue weighted by atomic mass is 16.5. The van der Waals surface area contributed by atoms with Gasteiger partial charge in [-0.15, -0.1) is 0 Å². The highest BCUT2D eigenvalue weighted by Gasteiger charge is 2.33. The molecule has 0 aromatic carbocycles. The van der Waals surface area contributed by atoms with Crippen molar-refractivity contribution in [2.75, 3.05) is 0 Å². The Balaban J connectivity index is 2.20. The second-order valence-electron chi connectivity index (χ2n) is 6.14. The summed E-state index contributed by atoms with van der Waals surface area (Å²) >= 11 is 0. The van der Waals surface area contributed by atoms with E-state index in [1.807, 2.05) is 0 Å². The first-order valence-corrected chi connectivity index (χ1v) is 7.34. The van der Waals surface area contributed by atoms with Gasteiger partial charge in [0.15, 0.2) is 11.4 Å². The van der Waals surface area contributed by atoms with Gasteiger partial charge in [0, 0.05) is 6.20 Å². The van der Waals surface area contributed by atoms with Gasteiger partial charge in [0.1, 0.15) is 6.10 Å². The number of rotatable bonds is 4. The van der Waals surface area contributed by atoms with Crippen molar-refractivity contribution >= 4 is 5.97 Å². The SMILES string of the molecule is CC1CCC(C(C)C)C(Oc2cccnc2C(=O)O)C1. The maximum absolute atomic E-state index is 11.2. The lowest BCUT2D eigenvalue weighted by Gasteiger charge is -2.37. The van der Waals surface area contributed by atoms with E-state index in [4.69, 9.17) is 4.74 Å². The maximum atomic E-state index is 11.2. The number of ether oxygens (including phenoxy) is 1. The summed E-state index contributed by atoms with van der Waals surface area (Å²) in [5.41, 5.74) is 0.00762. The van der Waals surface area contributed by atoms with E-state index in [1.54, 1.807) is 12.1 Å². The normalized spacial score (nSPS) is 26.5. The molecular weight excluding hydrogens is 254 g/mol. The van der Waals surface area contributed by atoms with Gasteiger partial charge in [0.25, 0.3) is 0 Å². The summed E-state index contributed by atoms with van der Waals surface area (Å²) in [6.07, 6.45) is 4.92. The zero-order valence-electron chi connectivity index (χ0n) is 12.4. The lowest BCUT2D eigenvalue weighted by molar-refractivity contribution is 0.0431. The Kier molecular flexibility index (Phi) is 4.63. The van der Waals surface area contributed by atoms with Crippen molar-refractivity contribution in [3.8, 4) is 5.75 Å². The van der Waals surface area contributed by atoms with Crippen LogP contribution in [0.4, 0.5) is 0 Å². The van der Waals surface area contributed by atoms with E-state index in [-0.39, 0.29) is 11.8 Å². The molecule has 0 amide bonds. The number of hydrogen-bond donors (Lipinski definition) is 1. The van der Waals surface area contributed by atoms with Crippen molar-refractivity contribution in [1.29, 1.82) is 0 Å². The zero-order chi connectivity index (χ0) is 14.7. The molecule has 1 aliphatic carbocycles. The van der Waals surface area contributed by atoms with Crippen LogP contribution < -0.4 is 4.74 Å². The molecule has 0 saturated heterocycles. The van der Waals surface area contributed by atoms with Gasteiger partial charge >= 0.3 is 5.97 Å². The minimum Gasteiger partial charge on any atom is -0.488 e. The van der Waals surface area contributed by atoms with Crippen molar-refractivity contribution < 1.29 is 14.6 Å². The third-order valence-corrected chi connectivity index (χ3v) is 4.21. The van der Waals surface area contributed by atoms with Gasteiger partial charge < -0.3 is 9.84 Å². The predicted octanol–water partition coefficient (Wildman–Crippen LogP) is 3.62. The monoisotopic (exact) mass is 277 g/mol. The summed E-state index contributed by atoms with van der Waals surface area (Å²) in [5, 5.41) is 9.18. The van der Waals surface area contributed by atoms with Crippen LogP contribution in [0.1, 0.15) is 50.5 Å². The predicted molar refractivity (Wildman–Crippen MR) is 77.0 cm³/mol. The Labute approximate surface area is 120 Å². The second kappa shape index (κ2) is 6.25. The van der Waals surface area contributed by atoms with Crippen molar-refractivity contribution in [2.45, 2.75) is 46.1 Å². The third-order valence-electron chi connectivity index (χ3n) is 4.21. The fourth-order valence-electron chi connectivity index (χ4n) is 3.06. The minimum atomic E-state index is -1.04. The zero-order valence-corrected chi connectivity index (χ0v) is 12.4. The van der Waals surface area contributed by atoms with Gasteiger partial charge in [-0.25, -0.2) is 9.78 Å². The molecule has 0 bridgehead atoms. The van der Waals surface area contributed by atoms with E-state index in [0.717, 1.165) is 12.8 Å². The summed E-state index contributed by atoms with van der Waals surface area (Å²) in [5.74, 6) is 1.00. The Morgan fingerprint density at radius 2 is 2.20 bits per heavy atom. The smallest absolute Gasteiger partial charge is 0.358 e. The average Bonchev–Trinajstić information content (AvgIpc) is 2.38. The molecule has 110 valence electrons. The molecule has 2 rings (SSSR count). The molecule has 0 radical (unpaired) electrons. The van der Waals surface area contributed by atoms with E-state index >= 15 is 0 Å². The van der Waals surface area contributed by atoms with Gasteiger partial charge in [-0.05, 0) is 42.7 Å². The maximum Gasteiger partial charge on any atom is 0.358 e. The van der Waals surface area contributed by atoms with Crippen LogP contribution in [0.5, 0.6) is 5.75 Å². The van der Waals surface area contributed by atoms with E-state index < -0.39 is 5.97 Å². The molecule has 1 aromatic heterocycles. The van der Waals surface area contributed by atoms with Gasteiger partial charge in [-0.1, -0.05) is 27.2 Å². The largest absolute Gasteiger partial charge is 0.488 e. The summed E-state index contributed by atoms with van der Waals surface area (Å²) in [6.45, 7) is 6.64. The summed E-state index contributed by atoms with van der Waals surface area (Å²) in [6, 6.07) is 3.42. The van der Waals surface area contributed by atoms with Crippen LogP contribution in [0.25, 0.3) is 0 Å². The number of nitrogens with zero attached hydrogens (tertiary/aromatic N) is 1. The first-order valence-electron chi connectivity index (χ1n) is 7.34. The van der Waals surface area contributed by atoms with Crippen LogP contribution in [-0.4, -0.2) is 22.2 Å². The number of aromatic nitrogens is 1. The molecule has 4 nitrogen and oxygen atoms in total. The lowest BCUT2D eigenvalue weighted by Crippen LogP contribution is -2.36. The molecule has 3 atom stereocenters. The number of carboxylic acid groups (broad SMARTS) is 1. The number of hydrogen-bond acceptors (Lipinski definition) is 3.